The van der Waals surface area contributed by atoms with E-state index in [1.54, 1.807) is 5.57 Å². The van der Waals surface area contributed by atoms with Crippen molar-refractivity contribution in [2.45, 2.75) is 113 Å². The Hall–Kier alpha value is 0.670. The number of hydrogen-bond donors (Lipinski definition) is 0. The smallest absolute Gasteiger partial charge is 0.329 e. The minimum atomic E-state index is -0.0858. The molecular weight excluding hydrogens is 634 g/mol. The Labute approximate surface area is 230 Å². The summed E-state index contributed by atoms with van der Waals surface area (Å²) in [6.07, 6.45) is 17.2. The van der Waals surface area contributed by atoms with Crippen LogP contribution >= 0.6 is 45.2 Å². The van der Waals surface area contributed by atoms with Crippen LogP contribution in [-0.4, -0.2) is 14.0 Å². The molecule has 0 radical (unpaired) electrons. The Bertz CT molecular complexity index is 746. The number of hydrogen-bond acceptors (Lipinski definition) is 2. The van der Waals surface area contributed by atoms with Crippen LogP contribution in [0.4, 0.5) is 0 Å². The maximum absolute atomic E-state index is 12.2. The van der Waals surface area contributed by atoms with Crippen LogP contribution in [0.15, 0.2) is 11.6 Å². The summed E-state index contributed by atoms with van der Waals surface area (Å²) < 4.78 is 5.77. The van der Waals surface area contributed by atoms with Gasteiger partial charge in [0.2, 0.25) is 0 Å². The van der Waals surface area contributed by atoms with E-state index in [-0.39, 0.29) is 14.0 Å². The van der Waals surface area contributed by atoms with Gasteiger partial charge in [0, 0.05) is 6.42 Å². The highest BCUT2D eigenvalue weighted by atomic mass is 127. The third kappa shape index (κ3) is 5.23. The molecule has 2 nitrogen and oxygen atoms in total. The van der Waals surface area contributed by atoms with Gasteiger partial charge in [-0.3, -0.25) is 4.79 Å². The number of rotatable bonds is 7. The molecule has 0 N–H and O–H groups in total. The number of fused-ring (bicyclic) bond motifs is 5. The third-order valence-electron chi connectivity index (χ3n) is 10.7. The Kier molecular flexibility index (Phi) is 8.56. The summed E-state index contributed by atoms with van der Waals surface area (Å²) in [5.74, 6) is 5.22. The summed E-state index contributed by atoms with van der Waals surface area (Å²) in [6, 6.07) is 0. The highest BCUT2D eigenvalue weighted by Crippen LogP contribution is 2.67. The van der Waals surface area contributed by atoms with Crippen molar-refractivity contribution >= 4 is 51.2 Å². The van der Waals surface area contributed by atoms with E-state index in [4.69, 9.17) is 4.74 Å². The van der Waals surface area contributed by atoms with Gasteiger partial charge in [-0.15, -0.1) is 0 Å². The number of halogens is 2. The Morgan fingerprint density at radius 3 is 2.52 bits per heavy atom. The van der Waals surface area contributed by atoms with Crippen LogP contribution < -0.4 is 0 Å². The molecule has 33 heavy (non-hydrogen) atoms. The van der Waals surface area contributed by atoms with Gasteiger partial charge in [0.25, 0.3) is 0 Å². The Balaban J connectivity index is 1.45. The molecule has 0 amide bonds. The maximum atomic E-state index is 12.2. The van der Waals surface area contributed by atoms with E-state index in [2.05, 4.69) is 85.9 Å². The second kappa shape index (κ2) is 10.6. The lowest BCUT2D eigenvalue weighted by Crippen LogP contribution is -2.51. The van der Waals surface area contributed by atoms with Crippen LogP contribution in [0.1, 0.15) is 105 Å². The first-order valence-corrected chi connectivity index (χ1v) is 16.2. The molecule has 4 heteroatoms. The normalized spacial score (nSPS) is 41.2. The fourth-order valence-electron chi connectivity index (χ4n) is 8.97. The largest absolute Gasteiger partial charge is 0.461 e. The van der Waals surface area contributed by atoms with Crippen molar-refractivity contribution in [3.63, 3.8) is 0 Å². The van der Waals surface area contributed by atoms with E-state index in [0.717, 1.165) is 48.3 Å². The number of ether oxygens (including phenoxy) is 1. The number of alkyl halides is 2. The van der Waals surface area contributed by atoms with Crippen molar-refractivity contribution < 1.29 is 9.53 Å². The zero-order chi connectivity index (χ0) is 24.0. The number of carbonyl (C=O) groups is 1. The zero-order valence-electron chi connectivity index (χ0n) is 21.5. The van der Waals surface area contributed by atoms with Crippen molar-refractivity contribution in [1.29, 1.82) is 0 Å². The first-order chi connectivity index (χ1) is 15.6. The van der Waals surface area contributed by atoms with E-state index in [9.17, 15) is 4.79 Å². The summed E-state index contributed by atoms with van der Waals surface area (Å²) in [7, 11) is 0. The molecule has 0 bridgehead atoms. The topological polar surface area (TPSA) is 26.3 Å². The van der Waals surface area contributed by atoms with Gasteiger partial charge >= 0.3 is 5.97 Å². The minimum Gasteiger partial charge on any atom is -0.461 e. The fourth-order valence-corrected chi connectivity index (χ4v) is 9.26. The molecule has 3 saturated carbocycles. The summed E-state index contributed by atoms with van der Waals surface area (Å²) in [6.45, 7) is 12.6. The lowest BCUT2D eigenvalue weighted by atomic mass is 9.47. The molecule has 0 aromatic carbocycles. The average Bonchev–Trinajstić information content (AvgIpc) is 3.11. The molecule has 0 aromatic heterocycles. The summed E-state index contributed by atoms with van der Waals surface area (Å²) in [4.78, 5) is 12.2. The van der Waals surface area contributed by atoms with Crippen molar-refractivity contribution in [2.75, 3.05) is 0 Å². The maximum Gasteiger partial charge on any atom is 0.329 e. The van der Waals surface area contributed by atoms with Gasteiger partial charge in [-0.2, -0.15) is 0 Å². The number of allylic oxidation sites excluding steroid dienone is 1. The Morgan fingerprint density at radius 1 is 1.06 bits per heavy atom. The molecule has 0 unspecified atom stereocenters. The van der Waals surface area contributed by atoms with Crippen LogP contribution in [-0.2, 0) is 9.53 Å². The van der Waals surface area contributed by atoms with Gasteiger partial charge in [-0.25, -0.2) is 0 Å². The quantitative estimate of drug-likeness (QED) is 0.116. The molecule has 3 fully saturated rings. The molecule has 8 atom stereocenters. The van der Waals surface area contributed by atoms with Gasteiger partial charge in [-0.1, -0.05) is 111 Å². The van der Waals surface area contributed by atoms with Crippen LogP contribution in [0.25, 0.3) is 0 Å². The highest BCUT2D eigenvalue weighted by Gasteiger charge is 2.59. The lowest BCUT2D eigenvalue weighted by molar-refractivity contribution is -0.148. The molecule has 0 aromatic rings. The van der Waals surface area contributed by atoms with E-state index >= 15 is 0 Å². The fraction of sp³-hybridized carbons (Fsp3) is 0.897. The average molecular weight is 680 g/mol. The second-order valence-corrected chi connectivity index (χ2v) is 17.8. The van der Waals surface area contributed by atoms with E-state index in [0.29, 0.717) is 10.8 Å². The van der Waals surface area contributed by atoms with Crippen LogP contribution in [0.3, 0.4) is 0 Å². The van der Waals surface area contributed by atoms with Crippen LogP contribution in [0.5, 0.6) is 0 Å². The molecule has 4 rings (SSSR count). The van der Waals surface area contributed by atoms with Gasteiger partial charge in [0.15, 0.2) is 1.93 Å². The summed E-state index contributed by atoms with van der Waals surface area (Å²) >= 11 is 4.32. The van der Waals surface area contributed by atoms with Crippen LogP contribution in [0.2, 0.25) is 0 Å². The molecule has 4 aliphatic rings. The standard InChI is InChI=1S/C29H46I2O2/c1-18(2)7-6-8-19(3)23-11-12-24-22-10-9-20-17-21(33-27(32)26(30)31)13-15-28(20,4)25(22)14-16-29(23,24)5/h9,18-19,21-26H,6-8,10-17H2,1-5H3/t19-,21-,22+,23-,24+,25+,28-,29+/m0/s1. The van der Waals surface area contributed by atoms with E-state index < -0.39 is 0 Å². The van der Waals surface area contributed by atoms with Crippen molar-refractivity contribution in [3.8, 4) is 0 Å². The first kappa shape index (κ1) is 26.7. The van der Waals surface area contributed by atoms with Gasteiger partial charge < -0.3 is 4.74 Å². The lowest BCUT2D eigenvalue weighted by Gasteiger charge is -2.58. The molecule has 0 heterocycles. The summed E-state index contributed by atoms with van der Waals surface area (Å²) in [5, 5.41) is 0. The van der Waals surface area contributed by atoms with Crippen molar-refractivity contribution in [3.05, 3.63) is 11.6 Å². The van der Waals surface area contributed by atoms with E-state index in [1.165, 1.54) is 57.8 Å². The van der Waals surface area contributed by atoms with Gasteiger partial charge in [0.05, 0.1) is 0 Å². The van der Waals surface area contributed by atoms with Gasteiger partial charge in [-0.05, 0) is 91.3 Å². The molecule has 0 saturated heterocycles. The third-order valence-corrected chi connectivity index (χ3v) is 11.7. The highest BCUT2D eigenvalue weighted by molar-refractivity contribution is 14.2. The zero-order valence-corrected chi connectivity index (χ0v) is 25.9. The second-order valence-electron chi connectivity index (χ2n) is 12.9. The van der Waals surface area contributed by atoms with Crippen molar-refractivity contribution in [2.24, 2.45) is 46.3 Å². The molecule has 4 aliphatic carbocycles. The summed E-state index contributed by atoms with van der Waals surface area (Å²) in [5.41, 5.74) is 2.51. The van der Waals surface area contributed by atoms with Gasteiger partial charge in [0.1, 0.15) is 6.10 Å². The first-order valence-electron chi connectivity index (χ1n) is 13.7. The monoisotopic (exact) mass is 680 g/mol. The SMILES string of the molecule is CC(C)CCC[C@H](C)[C@@H]1CC[C@@H]2[C@H]3CC=C4C[C@@H](OC(=O)C(I)I)CC[C@]4(C)[C@@H]3CC[C@@]21C. The predicted octanol–water partition coefficient (Wildman–Crippen LogP) is 9.14. The minimum absolute atomic E-state index is 0.0490. The predicted molar refractivity (Wildman–Crippen MR) is 155 cm³/mol. The van der Waals surface area contributed by atoms with Crippen molar-refractivity contribution in [1.82, 2.24) is 0 Å². The molecule has 0 spiro atoms. The Morgan fingerprint density at radius 2 is 1.82 bits per heavy atom. The molecule has 0 aliphatic heterocycles. The molecular formula is C29H46I2O2. The van der Waals surface area contributed by atoms with E-state index in [1.807, 2.05) is 0 Å². The number of esters is 1. The number of carbonyl (C=O) groups excluding carboxylic acids is 1. The van der Waals surface area contributed by atoms with Crippen LogP contribution in [0, 0.1) is 46.3 Å². The molecule has 188 valence electrons.